The number of carbonyl (C=O) groups excluding carboxylic acids is 7. The average Bonchev–Trinajstić information content (AvgIpc) is 0.757. The van der Waals surface area contributed by atoms with Gasteiger partial charge in [-0.05, 0) is 6.92 Å². The minimum absolute atomic E-state index is 0.839. The minimum Gasteiger partial charge on any atom is -0.477 e. The van der Waals surface area contributed by atoms with Gasteiger partial charge in [0.1, 0.15) is 250 Å². The molecule has 0 aromatic heterocycles. The predicted molar refractivity (Wildman–Crippen MR) is 462 cm³/mol. The lowest BCUT2D eigenvalue weighted by Gasteiger charge is -2.52. The fraction of sp³-hybridized carbons (Fsp3) is 0.904. The summed E-state index contributed by atoms with van der Waals surface area (Å²) in [6.45, 7) is -5.84. The molecule has 10 fully saturated rings. The van der Waals surface area contributed by atoms with Crippen molar-refractivity contribution >= 4 is 47.3 Å². The number of hydrogen-bond donors (Lipinski definition) is 37. The number of carboxylic acid groups (broad SMARTS) is 1. The van der Waals surface area contributed by atoms with E-state index in [2.05, 4.69) is 37.2 Å². The first-order valence-corrected chi connectivity index (χ1v) is 47.0. The monoisotopic (exact) mass is 2160 g/mol. The lowest BCUT2D eigenvalue weighted by Crippen LogP contribution is -2.72. The summed E-state index contributed by atoms with van der Waals surface area (Å²) in [5, 5.41) is 357. The molecule has 0 radical (unpaired) electrons. The third-order valence-corrected chi connectivity index (χ3v) is 26.4. The van der Waals surface area contributed by atoms with E-state index in [1.54, 1.807) is 0 Å². The minimum atomic E-state index is -3.29. The number of carboxylic acids is 1. The molecule has 55 atom stereocenters. The highest BCUT2D eigenvalue weighted by Gasteiger charge is 2.65. The lowest BCUT2D eigenvalue weighted by molar-refractivity contribution is -0.398. The summed E-state index contributed by atoms with van der Waals surface area (Å²) in [6.07, 6.45) is -105. The Kier molecular flexibility index (Phi) is 45.5. The van der Waals surface area contributed by atoms with Gasteiger partial charge >= 0.3 is 5.97 Å². The molecule has 0 bridgehead atoms. The molecule has 10 aliphatic heterocycles. The number of carbonyl (C=O) groups is 8. The first-order chi connectivity index (χ1) is 69.7. The zero-order valence-electron chi connectivity index (χ0n) is 80.5. The number of hydrogen-bond acceptors (Lipinski definition) is 57. The van der Waals surface area contributed by atoms with Crippen molar-refractivity contribution in [3.8, 4) is 0 Å². The van der Waals surface area contributed by atoms with Crippen LogP contribution in [0.5, 0.6) is 0 Å². The zero-order chi connectivity index (χ0) is 110. The maximum atomic E-state index is 13.4. The smallest absolute Gasteiger partial charge is 0.364 e. The topological polar surface area (TPSA) is 1010 Å². The molecule has 148 heavy (non-hydrogen) atoms. The van der Waals surface area contributed by atoms with E-state index in [0.29, 0.717) is 0 Å². The van der Waals surface area contributed by atoms with Gasteiger partial charge in [0, 0.05) is 54.9 Å². The van der Waals surface area contributed by atoms with Crippen LogP contribution < -0.4 is 37.2 Å². The molecule has 10 saturated heterocycles. The van der Waals surface area contributed by atoms with Gasteiger partial charge in [0.2, 0.25) is 41.4 Å². The average molecular weight is 2160 g/mol. The molecule has 65 heteroatoms. The van der Waals surface area contributed by atoms with Crippen LogP contribution in [0.1, 0.15) is 61.8 Å². The molecule has 854 valence electrons. The fourth-order valence-corrected chi connectivity index (χ4v) is 18.8. The van der Waals surface area contributed by atoms with Crippen LogP contribution in [0.25, 0.3) is 0 Å². The highest BCUT2D eigenvalue weighted by Crippen LogP contribution is 2.43. The molecule has 10 heterocycles. The van der Waals surface area contributed by atoms with Crippen molar-refractivity contribution in [1.82, 2.24) is 37.2 Å². The van der Waals surface area contributed by atoms with E-state index in [1.807, 2.05) is 0 Å². The van der Waals surface area contributed by atoms with Crippen molar-refractivity contribution in [2.75, 3.05) is 72.7 Å². The number of aliphatic carboxylic acids is 1. The van der Waals surface area contributed by atoms with Gasteiger partial charge < -0.3 is 285 Å². The van der Waals surface area contributed by atoms with E-state index in [0.717, 1.165) is 48.5 Å². The molecule has 0 saturated carbocycles. The first kappa shape index (κ1) is 124. The standard InChI is InChI=1S/C83H139N7O58/c1-21-47(110)59(122)62(125)78(131-21)129-19-32(109)64(48(111)29(10-91)84-22(2)100)140-74-43(87-25(5)103)57(120)67(38(17-98)135-74)143-79-63(126)70(53(116)40(139-79)20-130-80-71(60(123)51(114)34(13-94)133-80)145-76-44(88-26(6)104)55(118)65(36(15-96)136-76)141-73-42(86-24(4)102)54(117)50(113)33(12-93)132-73)144-81-72(61(124)52(115)35(14-95)134-81)146-77-45(89-27(7)105)56(119)66(37(16-97)137-77)142-75-46(90-28(8)106)58(121)68(39(18-99)138-75)147-83(82(127)128)9-30(107)41(85-23(3)101)69(148-83)49(112)31(108)11-92/h21,29-81,91-99,107-126H,9-20H2,1-8H3,(H,84,100)(H,85,101)(H,86,102)(H,87,103)(H,88,104)(H,89,105)(H,90,106)(H,127,128)/t21-,29-,30-,31+,32+,33+,34+,35+,36+,37+,38+,39+,40+,41+,42+,43+,44+,45+,46+,47+,48+,49+,50-,51+,52+,53+,54+,55+,56+,57+,58+,59+,60-,61-,62-,63-,64+,65+,66+,67+,68-,69+,70-,71-,72-,73?,74?,75?,76?,77?,78?,79?,80?,81?,83?/m0/s1. The molecule has 0 aromatic carbocycles. The molecule has 0 aromatic rings. The summed E-state index contributed by atoms with van der Waals surface area (Å²) in [7, 11) is 0. The van der Waals surface area contributed by atoms with E-state index < -0.39 is 463 Å². The van der Waals surface area contributed by atoms with Crippen molar-refractivity contribution in [1.29, 1.82) is 0 Å². The van der Waals surface area contributed by atoms with Gasteiger partial charge in [-0.2, -0.15) is 0 Å². The molecular formula is C83H139N7O58. The summed E-state index contributed by atoms with van der Waals surface area (Å²) in [5.74, 6) is -12.3. The van der Waals surface area contributed by atoms with Crippen molar-refractivity contribution in [2.45, 2.75) is 398 Å². The van der Waals surface area contributed by atoms with E-state index >= 15 is 0 Å². The molecular weight excluding hydrogens is 2020 g/mol. The van der Waals surface area contributed by atoms with Gasteiger partial charge in [-0.25, -0.2) is 4.79 Å². The van der Waals surface area contributed by atoms with Gasteiger partial charge in [-0.1, -0.05) is 0 Å². The Morgan fingerprint density at radius 1 is 0.324 bits per heavy atom. The van der Waals surface area contributed by atoms with Crippen LogP contribution in [0.15, 0.2) is 0 Å². The quantitative estimate of drug-likeness (QED) is 0.0269. The molecule has 10 aliphatic rings. The third kappa shape index (κ3) is 28.6. The Morgan fingerprint density at radius 2 is 0.682 bits per heavy atom. The molecule has 10 unspecified atom stereocenters. The van der Waals surface area contributed by atoms with Crippen LogP contribution in [0.4, 0.5) is 0 Å². The van der Waals surface area contributed by atoms with E-state index in [4.69, 9.17) is 94.7 Å². The first-order valence-electron chi connectivity index (χ1n) is 47.0. The molecule has 37 N–H and O–H groups in total. The van der Waals surface area contributed by atoms with Gasteiger partial charge in [0.05, 0.1) is 97.0 Å². The lowest BCUT2D eigenvalue weighted by atomic mass is 9.88. The number of aliphatic hydroxyl groups is 29. The SMILES string of the molecule is CC(=O)N[C@H]1[C@H]([C@H](O)[C@H](O)CO)OC(O[C@@H]2[C@H](O)[C@@H](NC(C)=O)C(O[C@H]3[C@H](O)[C@@H](NC(C)=O)C(O[C@@H]4C(O[C@H]5[C@H](O)[C@@H](COC6O[C@H](CO)[C@@H](O)[C@H](O)[C@@H]6OC6O[C@H](CO)[C@@H](OC7O[C@H](CO)[C@H](O)[C@H](O)[C@H]7NC(C)=O)[C@H](O)[C@H]6NC(C)=O)OC(O[C@H]6[C@H](O)[C@@H](NC(C)=O)C(O[C@@H]([C@H](O)[C@H](CO)NC(C)=O)[C@H](O)COC7O[C@@H](C)[C@@H](O)[C@@H](O)[C@@H]7O)O[C@@H]6CO)[C@H]5O)O[C@H](CO)[C@@H](O)[C@@H]4O)O[C@@H]3CO)O[C@@H]2CO)(C(=O)O)C[C@@H]1O. The third-order valence-electron chi connectivity index (χ3n) is 26.4. The van der Waals surface area contributed by atoms with Gasteiger partial charge in [0.15, 0.2) is 56.6 Å². The summed E-state index contributed by atoms with van der Waals surface area (Å²) in [4.78, 5) is 104. The molecule has 7 amide bonds. The number of nitrogens with one attached hydrogen (secondary N) is 7. The van der Waals surface area contributed by atoms with Crippen molar-refractivity contribution in [2.24, 2.45) is 0 Å². The van der Waals surface area contributed by atoms with E-state index in [-0.39, 0.29) is 0 Å². The molecule has 10 rings (SSSR count). The fourth-order valence-electron chi connectivity index (χ4n) is 18.8. The second-order valence-corrected chi connectivity index (χ2v) is 37.2. The summed E-state index contributed by atoms with van der Waals surface area (Å²) in [6, 6.07) is -13.7. The largest absolute Gasteiger partial charge is 0.477 e. The van der Waals surface area contributed by atoms with Crippen molar-refractivity contribution in [3.05, 3.63) is 0 Å². The second kappa shape index (κ2) is 54.5. The maximum Gasteiger partial charge on any atom is 0.364 e. The van der Waals surface area contributed by atoms with Crippen LogP contribution in [-0.4, -0.2) is 610 Å². The van der Waals surface area contributed by atoms with Crippen LogP contribution in [0.3, 0.4) is 0 Å². The van der Waals surface area contributed by atoms with Crippen LogP contribution in [-0.2, 0) is 133 Å². The highest BCUT2D eigenvalue weighted by atomic mass is 16.8. The van der Waals surface area contributed by atoms with Crippen molar-refractivity contribution < 1.29 is 286 Å². The van der Waals surface area contributed by atoms with Gasteiger partial charge in [-0.3, -0.25) is 33.6 Å². The number of amides is 7. The Bertz CT molecular complexity index is 4220. The Balaban J connectivity index is 0.997. The normalized spacial score (nSPS) is 44.2. The summed E-state index contributed by atoms with van der Waals surface area (Å²) in [5.41, 5.74) is 0. The van der Waals surface area contributed by atoms with Gasteiger partial charge in [-0.15, -0.1) is 0 Å². The molecule has 65 nitrogen and oxygen atoms in total. The van der Waals surface area contributed by atoms with E-state index in [1.165, 1.54) is 6.92 Å². The molecule has 0 spiro atoms. The Hall–Kier alpha value is -6.20. The summed E-state index contributed by atoms with van der Waals surface area (Å²) >= 11 is 0. The van der Waals surface area contributed by atoms with Crippen molar-refractivity contribution in [3.63, 3.8) is 0 Å². The van der Waals surface area contributed by atoms with Crippen LogP contribution in [0.2, 0.25) is 0 Å². The predicted octanol–water partition coefficient (Wildman–Crippen LogP) is -24.1. The highest BCUT2D eigenvalue weighted by molar-refractivity contribution is 5.77. The number of rotatable bonds is 44. The second-order valence-electron chi connectivity index (χ2n) is 37.2. The Morgan fingerprint density at radius 3 is 1.10 bits per heavy atom. The number of aliphatic hydroxyl groups excluding tert-OH is 29. The maximum absolute atomic E-state index is 13.4. The van der Waals surface area contributed by atoms with Crippen LogP contribution in [0, 0.1) is 0 Å². The van der Waals surface area contributed by atoms with Crippen LogP contribution >= 0.6 is 0 Å². The zero-order valence-corrected chi connectivity index (χ0v) is 80.5. The summed E-state index contributed by atoms with van der Waals surface area (Å²) < 4.78 is 120. The Labute approximate surface area is 839 Å². The molecule has 0 aliphatic carbocycles. The van der Waals surface area contributed by atoms with Gasteiger partial charge in [0.25, 0.3) is 5.79 Å². The van der Waals surface area contributed by atoms with E-state index in [9.17, 15) is 192 Å². The number of ether oxygens (including phenoxy) is 20.